The van der Waals surface area contributed by atoms with Crippen molar-refractivity contribution in [1.29, 1.82) is 0 Å². The number of urea groups is 1. The van der Waals surface area contributed by atoms with Gasteiger partial charge in [0.25, 0.3) is 0 Å². The van der Waals surface area contributed by atoms with E-state index in [9.17, 15) is 9.59 Å². The Morgan fingerprint density at radius 1 is 1.30 bits per heavy atom. The third-order valence-corrected chi connectivity index (χ3v) is 4.41. The molecule has 0 bridgehead atoms. The van der Waals surface area contributed by atoms with Gasteiger partial charge in [-0.25, -0.2) is 4.79 Å². The summed E-state index contributed by atoms with van der Waals surface area (Å²) >= 11 is 0. The Bertz CT molecular complexity index is 557. The van der Waals surface area contributed by atoms with Gasteiger partial charge >= 0.3 is 6.03 Å². The molecule has 1 aromatic carbocycles. The van der Waals surface area contributed by atoms with Crippen molar-refractivity contribution < 1.29 is 14.3 Å². The monoisotopic (exact) mass is 317 g/mol. The maximum atomic E-state index is 12.2. The number of rotatable bonds is 5. The summed E-state index contributed by atoms with van der Waals surface area (Å²) in [7, 11) is 0. The summed E-state index contributed by atoms with van der Waals surface area (Å²) in [6.45, 7) is 2.59. The fraction of sp³-hybridized carbons (Fsp3) is 0.529. The van der Waals surface area contributed by atoms with Gasteiger partial charge in [0.1, 0.15) is 12.3 Å². The molecule has 2 N–H and O–H groups in total. The summed E-state index contributed by atoms with van der Waals surface area (Å²) in [6, 6.07) is 9.56. The highest BCUT2D eigenvalue weighted by Gasteiger charge is 2.44. The van der Waals surface area contributed by atoms with Crippen LogP contribution in [-0.2, 0) is 4.79 Å². The molecule has 1 saturated heterocycles. The van der Waals surface area contributed by atoms with Crippen molar-refractivity contribution in [2.24, 2.45) is 5.41 Å². The zero-order valence-corrected chi connectivity index (χ0v) is 13.2. The summed E-state index contributed by atoms with van der Waals surface area (Å²) in [6.07, 6.45) is 2.91. The van der Waals surface area contributed by atoms with Crippen molar-refractivity contribution in [3.8, 4) is 5.75 Å². The first-order valence-corrected chi connectivity index (χ1v) is 8.14. The lowest BCUT2D eigenvalue weighted by Gasteiger charge is -2.22. The SMILES string of the molecule is O=C1CN(C(=O)NCC2(COc3ccccc3)CC2)CCCN1. The van der Waals surface area contributed by atoms with E-state index in [1.165, 1.54) is 0 Å². The van der Waals surface area contributed by atoms with Gasteiger partial charge in [-0.2, -0.15) is 0 Å². The first-order valence-electron chi connectivity index (χ1n) is 8.14. The van der Waals surface area contributed by atoms with E-state index in [1.54, 1.807) is 4.90 Å². The lowest BCUT2D eigenvalue weighted by atomic mass is 10.1. The van der Waals surface area contributed by atoms with Gasteiger partial charge in [0.2, 0.25) is 5.91 Å². The standard InChI is InChI=1S/C17H23N3O3/c21-15-11-20(10-4-9-18-15)16(22)19-12-17(7-8-17)13-23-14-5-2-1-3-6-14/h1-3,5-6H,4,7-13H2,(H,18,21)(H,19,22). The molecule has 1 saturated carbocycles. The van der Waals surface area contributed by atoms with E-state index in [1.807, 2.05) is 30.3 Å². The molecule has 124 valence electrons. The molecule has 1 aromatic rings. The summed E-state index contributed by atoms with van der Waals surface area (Å²) in [5.41, 5.74) is 0.0413. The van der Waals surface area contributed by atoms with Crippen molar-refractivity contribution >= 4 is 11.9 Å². The molecule has 3 amide bonds. The number of nitrogens with one attached hydrogen (secondary N) is 2. The van der Waals surface area contributed by atoms with Crippen molar-refractivity contribution in [3.63, 3.8) is 0 Å². The van der Waals surface area contributed by atoms with E-state index in [0.717, 1.165) is 25.0 Å². The Hall–Kier alpha value is -2.24. The topological polar surface area (TPSA) is 70.7 Å². The van der Waals surface area contributed by atoms with Crippen LogP contribution in [-0.4, -0.2) is 49.6 Å². The Balaban J connectivity index is 1.45. The number of hydrogen-bond donors (Lipinski definition) is 2. The lowest BCUT2D eigenvalue weighted by molar-refractivity contribution is -0.121. The van der Waals surface area contributed by atoms with Crippen LogP contribution in [0, 0.1) is 5.41 Å². The molecule has 0 unspecified atom stereocenters. The third kappa shape index (κ3) is 4.37. The van der Waals surface area contributed by atoms with E-state index >= 15 is 0 Å². The molecule has 3 rings (SSSR count). The number of benzene rings is 1. The van der Waals surface area contributed by atoms with Crippen molar-refractivity contribution in [1.82, 2.24) is 15.5 Å². The van der Waals surface area contributed by atoms with Gasteiger partial charge in [0, 0.05) is 25.0 Å². The van der Waals surface area contributed by atoms with Gasteiger partial charge in [-0.05, 0) is 31.4 Å². The Labute approximate surface area is 136 Å². The second-order valence-electron chi connectivity index (χ2n) is 6.39. The van der Waals surface area contributed by atoms with E-state index in [2.05, 4.69) is 10.6 Å². The highest BCUT2D eigenvalue weighted by Crippen LogP contribution is 2.45. The highest BCUT2D eigenvalue weighted by atomic mass is 16.5. The largest absolute Gasteiger partial charge is 0.493 e. The van der Waals surface area contributed by atoms with Gasteiger partial charge in [-0.15, -0.1) is 0 Å². The summed E-state index contributed by atoms with van der Waals surface area (Å²) in [4.78, 5) is 25.3. The van der Waals surface area contributed by atoms with Crippen LogP contribution in [0.3, 0.4) is 0 Å². The van der Waals surface area contributed by atoms with Crippen LogP contribution in [0.1, 0.15) is 19.3 Å². The maximum Gasteiger partial charge on any atom is 0.317 e. The molecule has 0 spiro atoms. The van der Waals surface area contributed by atoms with Crippen LogP contribution in [0.15, 0.2) is 30.3 Å². The molecule has 1 heterocycles. The molecular formula is C17H23N3O3. The van der Waals surface area contributed by atoms with Crippen LogP contribution in [0.2, 0.25) is 0 Å². The number of ether oxygens (including phenoxy) is 1. The van der Waals surface area contributed by atoms with Crippen molar-refractivity contribution in [2.45, 2.75) is 19.3 Å². The fourth-order valence-electron chi connectivity index (χ4n) is 2.66. The van der Waals surface area contributed by atoms with Gasteiger partial charge in [-0.3, -0.25) is 4.79 Å². The van der Waals surface area contributed by atoms with Crippen molar-refractivity contribution in [3.05, 3.63) is 30.3 Å². The molecule has 6 nitrogen and oxygen atoms in total. The van der Waals surface area contributed by atoms with E-state index < -0.39 is 0 Å². The Morgan fingerprint density at radius 2 is 2.09 bits per heavy atom. The molecule has 0 aromatic heterocycles. The molecule has 1 aliphatic carbocycles. The third-order valence-electron chi connectivity index (χ3n) is 4.41. The molecule has 6 heteroatoms. The highest BCUT2D eigenvalue weighted by molar-refractivity contribution is 5.84. The van der Waals surface area contributed by atoms with E-state index in [-0.39, 0.29) is 23.9 Å². The van der Waals surface area contributed by atoms with Crippen LogP contribution in [0.4, 0.5) is 4.79 Å². The van der Waals surface area contributed by atoms with Gasteiger partial charge in [-0.1, -0.05) is 18.2 Å². The molecular weight excluding hydrogens is 294 g/mol. The summed E-state index contributed by atoms with van der Waals surface area (Å²) in [5.74, 6) is 0.764. The molecule has 0 atom stereocenters. The Kier molecular flexibility index (Phi) is 4.69. The first kappa shape index (κ1) is 15.6. The zero-order valence-electron chi connectivity index (χ0n) is 13.2. The van der Waals surface area contributed by atoms with E-state index in [4.69, 9.17) is 4.74 Å². The number of nitrogens with zero attached hydrogens (tertiary/aromatic N) is 1. The first-order chi connectivity index (χ1) is 11.2. The predicted octanol–water partition coefficient (Wildman–Crippen LogP) is 1.38. The lowest BCUT2D eigenvalue weighted by Crippen LogP contribution is -2.45. The minimum absolute atomic E-state index is 0.0413. The average molecular weight is 317 g/mol. The number of carbonyl (C=O) groups excluding carboxylic acids is 2. The maximum absolute atomic E-state index is 12.2. The minimum Gasteiger partial charge on any atom is -0.493 e. The quantitative estimate of drug-likeness (QED) is 0.862. The van der Waals surface area contributed by atoms with Crippen LogP contribution in [0.5, 0.6) is 5.75 Å². The number of hydrogen-bond acceptors (Lipinski definition) is 3. The van der Waals surface area contributed by atoms with Crippen LogP contribution in [0.25, 0.3) is 0 Å². The summed E-state index contributed by atoms with van der Waals surface area (Å²) in [5, 5.41) is 5.74. The second-order valence-corrected chi connectivity index (χ2v) is 6.39. The van der Waals surface area contributed by atoms with Crippen molar-refractivity contribution in [2.75, 3.05) is 32.8 Å². The Morgan fingerprint density at radius 3 is 2.83 bits per heavy atom. The minimum atomic E-state index is -0.159. The fourth-order valence-corrected chi connectivity index (χ4v) is 2.66. The number of carbonyl (C=O) groups is 2. The van der Waals surface area contributed by atoms with Gasteiger partial charge in [0.05, 0.1) is 6.61 Å². The van der Waals surface area contributed by atoms with Crippen LogP contribution < -0.4 is 15.4 Å². The second kappa shape index (κ2) is 6.89. The molecule has 0 radical (unpaired) electrons. The van der Waals surface area contributed by atoms with Gasteiger partial charge < -0.3 is 20.3 Å². The molecule has 1 aliphatic heterocycles. The van der Waals surface area contributed by atoms with Gasteiger partial charge in [0.15, 0.2) is 0 Å². The number of amides is 3. The van der Waals surface area contributed by atoms with E-state index in [0.29, 0.717) is 26.2 Å². The molecule has 2 fully saturated rings. The molecule has 23 heavy (non-hydrogen) atoms. The smallest absolute Gasteiger partial charge is 0.317 e. The van der Waals surface area contributed by atoms with Crippen LogP contribution >= 0.6 is 0 Å². The zero-order chi connectivity index (χ0) is 16.1. The normalized spacial score (nSPS) is 19.5. The number of para-hydroxylation sites is 1. The average Bonchev–Trinajstić information content (AvgIpc) is 3.37. The summed E-state index contributed by atoms with van der Waals surface area (Å²) < 4.78 is 5.82. The predicted molar refractivity (Wildman–Crippen MR) is 86.2 cm³/mol. The molecule has 2 aliphatic rings.